The maximum atomic E-state index is 6.10. The van der Waals surface area contributed by atoms with Gasteiger partial charge < -0.3 is 10.5 Å². The summed E-state index contributed by atoms with van der Waals surface area (Å²) in [5.74, 6) is 3.84. The first-order chi connectivity index (χ1) is 9.22. The normalized spacial score (nSPS) is 39.5. The molecule has 0 spiro atoms. The number of rotatable bonds is 3. The highest BCUT2D eigenvalue weighted by atomic mass is 16.5. The lowest BCUT2D eigenvalue weighted by molar-refractivity contribution is -0.0744. The molecular weight excluding hydrogens is 234 g/mol. The Balaban J connectivity index is 1.49. The number of para-hydroxylation sites is 2. The number of benzene rings is 1. The Morgan fingerprint density at radius 1 is 1.00 bits per heavy atom. The van der Waals surface area contributed by atoms with Crippen LogP contribution < -0.4 is 10.5 Å². The van der Waals surface area contributed by atoms with E-state index in [1.165, 1.54) is 38.5 Å². The van der Waals surface area contributed by atoms with Crippen molar-refractivity contribution in [3.05, 3.63) is 24.3 Å². The van der Waals surface area contributed by atoms with Gasteiger partial charge in [0.15, 0.2) is 0 Å². The zero-order valence-electron chi connectivity index (χ0n) is 11.5. The van der Waals surface area contributed by atoms with Gasteiger partial charge in [0.05, 0.1) is 12.3 Å². The van der Waals surface area contributed by atoms with Crippen molar-refractivity contribution in [1.82, 2.24) is 0 Å². The van der Waals surface area contributed by atoms with E-state index in [4.69, 9.17) is 10.5 Å². The van der Waals surface area contributed by atoms with Crippen LogP contribution in [0.4, 0.5) is 5.69 Å². The molecule has 0 radical (unpaired) electrons. The van der Waals surface area contributed by atoms with E-state index in [-0.39, 0.29) is 0 Å². The van der Waals surface area contributed by atoms with Crippen molar-refractivity contribution >= 4 is 5.69 Å². The van der Waals surface area contributed by atoms with Gasteiger partial charge in [-0.05, 0) is 68.4 Å². The predicted molar refractivity (Wildman–Crippen MR) is 77.0 cm³/mol. The molecule has 0 saturated heterocycles. The fourth-order valence-electron chi connectivity index (χ4n) is 5.31. The Bertz CT molecular complexity index is 447. The first-order valence-electron chi connectivity index (χ1n) is 7.70. The fraction of sp³-hybridized carbons (Fsp3) is 0.647. The molecule has 0 amide bonds. The quantitative estimate of drug-likeness (QED) is 0.834. The van der Waals surface area contributed by atoms with E-state index in [0.29, 0.717) is 5.41 Å². The van der Waals surface area contributed by atoms with Crippen molar-refractivity contribution in [2.24, 2.45) is 23.2 Å². The zero-order chi connectivity index (χ0) is 12.9. The lowest BCUT2D eigenvalue weighted by atomic mass is 9.50. The highest BCUT2D eigenvalue weighted by molar-refractivity contribution is 5.51. The number of anilines is 1. The number of nitrogens with two attached hydrogens (primary N) is 1. The highest BCUT2D eigenvalue weighted by Crippen LogP contribution is 2.60. The van der Waals surface area contributed by atoms with E-state index in [1.807, 2.05) is 24.3 Å². The summed E-state index contributed by atoms with van der Waals surface area (Å²) in [5, 5.41) is 0. The average molecular weight is 257 g/mol. The number of hydrogen-bond donors (Lipinski definition) is 1. The topological polar surface area (TPSA) is 35.2 Å². The Morgan fingerprint density at radius 3 is 2.16 bits per heavy atom. The van der Waals surface area contributed by atoms with Crippen molar-refractivity contribution in [3.63, 3.8) is 0 Å². The summed E-state index contributed by atoms with van der Waals surface area (Å²) in [6.45, 7) is 0.880. The standard InChI is InChI=1S/C17H23NO/c18-15-3-1-2-4-16(15)19-11-17-8-12-5-13(9-17)7-14(6-12)10-17/h1-4,12-14H,5-11,18H2. The number of nitrogen functional groups attached to an aromatic ring is 1. The van der Waals surface area contributed by atoms with Gasteiger partial charge in [-0.3, -0.25) is 0 Å². The number of hydrogen-bond acceptors (Lipinski definition) is 2. The molecule has 2 N–H and O–H groups in total. The molecule has 4 aliphatic carbocycles. The summed E-state index contributed by atoms with van der Waals surface area (Å²) in [6, 6.07) is 7.89. The Kier molecular flexibility index (Phi) is 2.54. The van der Waals surface area contributed by atoms with E-state index < -0.39 is 0 Å². The molecule has 4 fully saturated rings. The van der Waals surface area contributed by atoms with Crippen molar-refractivity contribution in [3.8, 4) is 5.75 Å². The smallest absolute Gasteiger partial charge is 0.142 e. The van der Waals surface area contributed by atoms with Crippen molar-refractivity contribution < 1.29 is 4.74 Å². The van der Waals surface area contributed by atoms with Crippen LogP contribution in [0.15, 0.2) is 24.3 Å². The van der Waals surface area contributed by atoms with Crippen LogP contribution in [-0.4, -0.2) is 6.61 Å². The summed E-state index contributed by atoms with van der Waals surface area (Å²) >= 11 is 0. The third-order valence-electron chi connectivity index (χ3n) is 5.62. The Labute approximate surface area is 115 Å². The number of ether oxygens (including phenoxy) is 1. The molecule has 19 heavy (non-hydrogen) atoms. The monoisotopic (exact) mass is 257 g/mol. The summed E-state index contributed by atoms with van der Waals surface area (Å²) in [4.78, 5) is 0. The molecule has 0 unspecified atom stereocenters. The fourth-order valence-corrected chi connectivity index (χ4v) is 5.31. The van der Waals surface area contributed by atoms with Gasteiger partial charge in [-0.25, -0.2) is 0 Å². The zero-order valence-corrected chi connectivity index (χ0v) is 11.5. The molecule has 0 heterocycles. The largest absolute Gasteiger partial charge is 0.491 e. The molecule has 4 bridgehead atoms. The molecule has 1 aromatic carbocycles. The molecule has 2 nitrogen and oxygen atoms in total. The summed E-state index contributed by atoms with van der Waals surface area (Å²) in [5.41, 5.74) is 7.21. The van der Waals surface area contributed by atoms with E-state index in [9.17, 15) is 0 Å². The minimum Gasteiger partial charge on any atom is -0.491 e. The molecular formula is C17H23NO. The van der Waals surface area contributed by atoms with Gasteiger partial charge in [0, 0.05) is 5.41 Å². The molecule has 0 aromatic heterocycles. The van der Waals surface area contributed by atoms with Crippen LogP contribution in [0.1, 0.15) is 38.5 Å². The molecule has 4 aliphatic rings. The third kappa shape index (κ3) is 2.01. The maximum absolute atomic E-state index is 6.10. The minimum absolute atomic E-state index is 0.469. The van der Waals surface area contributed by atoms with Crippen LogP contribution in [0, 0.1) is 23.2 Å². The van der Waals surface area contributed by atoms with Gasteiger partial charge in [0.25, 0.3) is 0 Å². The van der Waals surface area contributed by atoms with Gasteiger partial charge >= 0.3 is 0 Å². The summed E-state index contributed by atoms with van der Waals surface area (Å²) < 4.78 is 6.10. The predicted octanol–water partition coefficient (Wildman–Crippen LogP) is 3.86. The minimum atomic E-state index is 0.469. The summed E-state index contributed by atoms with van der Waals surface area (Å²) in [6.07, 6.45) is 8.66. The van der Waals surface area contributed by atoms with Gasteiger partial charge in [-0.1, -0.05) is 12.1 Å². The lowest BCUT2D eigenvalue weighted by Gasteiger charge is -2.56. The van der Waals surface area contributed by atoms with E-state index >= 15 is 0 Å². The van der Waals surface area contributed by atoms with Gasteiger partial charge in [-0.2, -0.15) is 0 Å². The van der Waals surface area contributed by atoms with E-state index in [0.717, 1.165) is 35.8 Å². The van der Waals surface area contributed by atoms with Crippen LogP contribution >= 0.6 is 0 Å². The Morgan fingerprint density at radius 2 is 1.58 bits per heavy atom. The Hall–Kier alpha value is -1.18. The molecule has 4 saturated carbocycles. The third-order valence-corrected chi connectivity index (χ3v) is 5.62. The molecule has 5 rings (SSSR count). The van der Waals surface area contributed by atoms with Gasteiger partial charge in [0.1, 0.15) is 5.75 Å². The van der Waals surface area contributed by atoms with Crippen molar-refractivity contribution in [1.29, 1.82) is 0 Å². The second-order valence-electron chi connectivity index (χ2n) is 7.24. The van der Waals surface area contributed by atoms with Crippen molar-refractivity contribution in [2.75, 3.05) is 12.3 Å². The van der Waals surface area contributed by atoms with Crippen LogP contribution in [0.3, 0.4) is 0 Å². The lowest BCUT2D eigenvalue weighted by Crippen LogP contribution is -2.48. The highest BCUT2D eigenvalue weighted by Gasteiger charge is 2.51. The van der Waals surface area contributed by atoms with Gasteiger partial charge in [-0.15, -0.1) is 0 Å². The first kappa shape index (κ1) is 11.6. The van der Waals surface area contributed by atoms with Crippen LogP contribution in [0.25, 0.3) is 0 Å². The maximum Gasteiger partial charge on any atom is 0.142 e. The SMILES string of the molecule is Nc1ccccc1OCC12CC3CC(CC(C3)C1)C2. The molecule has 102 valence electrons. The van der Waals surface area contributed by atoms with Gasteiger partial charge in [0.2, 0.25) is 0 Å². The van der Waals surface area contributed by atoms with Crippen LogP contribution in [0.5, 0.6) is 5.75 Å². The second kappa shape index (κ2) is 4.16. The van der Waals surface area contributed by atoms with Crippen molar-refractivity contribution in [2.45, 2.75) is 38.5 Å². The average Bonchev–Trinajstić information content (AvgIpc) is 2.36. The second-order valence-corrected chi connectivity index (χ2v) is 7.24. The van der Waals surface area contributed by atoms with E-state index in [1.54, 1.807) is 0 Å². The molecule has 0 atom stereocenters. The molecule has 0 aliphatic heterocycles. The van der Waals surface area contributed by atoms with Crippen LogP contribution in [0.2, 0.25) is 0 Å². The van der Waals surface area contributed by atoms with Crippen LogP contribution in [-0.2, 0) is 0 Å². The first-order valence-corrected chi connectivity index (χ1v) is 7.70. The summed E-state index contributed by atoms with van der Waals surface area (Å²) in [7, 11) is 0. The molecule has 2 heteroatoms. The molecule has 1 aromatic rings. The van der Waals surface area contributed by atoms with E-state index in [2.05, 4.69) is 0 Å².